The first kappa shape index (κ1) is 24.6. The number of rotatable bonds is 7. The second kappa shape index (κ2) is 9.74. The zero-order valence-corrected chi connectivity index (χ0v) is 19.7. The largest absolute Gasteiger partial charge is 0.481 e. The molecule has 0 amide bonds. The van der Waals surface area contributed by atoms with Crippen LogP contribution < -0.4 is 4.74 Å². The Morgan fingerprint density at radius 2 is 1.18 bits per heavy atom. The van der Waals surface area contributed by atoms with E-state index in [0.717, 1.165) is 5.39 Å². The van der Waals surface area contributed by atoms with Gasteiger partial charge < -0.3 is 9.84 Å². The minimum Gasteiger partial charge on any atom is -0.481 e. The average molecular weight is 512 g/mol. The first-order valence-electron chi connectivity index (χ1n) is 11.7. The molecule has 0 heterocycles. The van der Waals surface area contributed by atoms with Crippen molar-refractivity contribution in [1.29, 1.82) is 0 Å². The number of aliphatic carboxylic acids is 1. The number of fused-ring (bicyclic) bond motifs is 1. The lowest BCUT2D eigenvalue weighted by Gasteiger charge is -2.48. The quantitative estimate of drug-likeness (QED) is 0.148. The Bertz CT molecular complexity index is 1530. The van der Waals surface area contributed by atoms with Crippen molar-refractivity contribution in [2.24, 2.45) is 11.8 Å². The SMILES string of the molecule is O=C(O)C1[C@H](c2ccccc2[N+](=O)[O-])C(C(=O)Oc2cccc3ccccc23)[C@H]1c1ccccc1[N+](=O)[O-]. The van der Waals surface area contributed by atoms with Crippen molar-refractivity contribution < 1.29 is 29.3 Å². The summed E-state index contributed by atoms with van der Waals surface area (Å²) in [7, 11) is 0. The van der Waals surface area contributed by atoms with Gasteiger partial charge in [0.15, 0.2) is 0 Å². The standard InChI is InChI=1S/C28H20N2O8/c31-27(32)25-23(18-11-3-5-13-20(18)29(34)35)26(24(25)19-12-4-6-14-21(19)30(36)37)28(33)38-22-15-7-9-16-8-1-2-10-17(16)22/h1-15,23-26H,(H,31,32)/t23-,24-,25?,26?/m0/s1. The predicted octanol–water partition coefficient (Wildman–Crippen LogP) is 5.46. The van der Waals surface area contributed by atoms with Gasteiger partial charge in [0, 0.05) is 40.5 Å². The molecule has 190 valence electrons. The number of ether oxygens (including phenoxy) is 1. The predicted molar refractivity (Wildman–Crippen MR) is 136 cm³/mol. The number of hydrogen-bond donors (Lipinski definition) is 1. The number of nitrogens with zero attached hydrogens (tertiary/aromatic N) is 2. The molecule has 2 atom stereocenters. The zero-order chi connectivity index (χ0) is 27.0. The van der Waals surface area contributed by atoms with Gasteiger partial charge in [0.1, 0.15) is 5.75 Å². The summed E-state index contributed by atoms with van der Waals surface area (Å²) >= 11 is 0. The third-order valence-electron chi connectivity index (χ3n) is 7.05. The second-order valence-electron chi connectivity index (χ2n) is 8.97. The first-order chi connectivity index (χ1) is 18.3. The van der Waals surface area contributed by atoms with Gasteiger partial charge in [-0.3, -0.25) is 29.8 Å². The molecule has 0 radical (unpaired) electrons. The van der Waals surface area contributed by atoms with E-state index in [0.29, 0.717) is 5.39 Å². The highest BCUT2D eigenvalue weighted by atomic mass is 16.6. The highest BCUT2D eigenvalue weighted by Crippen LogP contribution is 2.60. The second-order valence-corrected chi connectivity index (χ2v) is 8.97. The lowest BCUT2D eigenvalue weighted by atomic mass is 9.52. The minimum absolute atomic E-state index is 0.0552. The van der Waals surface area contributed by atoms with E-state index in [-0.39, 0.29) is 28.3 Å². The van der Waals surface area contributed by atoms with Crippen LogP contribution in [0.2, 0.25) is 0 Å². The number of nitro groups is 2. The molecule has 0 bridgehead atoms. The molecule has 0 saturated heterocycles. The zero-order valence-electron chi connectivity index (χ0n) is 19.7. The molecule has 0 unspecified atom stereocenters. The summed E-state index contributed by atoms with van der Waals surface area (Å²) in [5.74, 6) is -6.81. The van der Waals surface area contributed by atoms with Crippen LogP contribution in [-0.4, -0.2) is 26.9 Å². The maximum atomic E-state index is 13.8. The Balaban J connectivity index is 1.66. The molecule has 5 rings (SSSR count). The van der Waals surface area contributed by atoms with Gasteiger partial charge in [-0.2, -0.15) is 0 Å². The Hall–Kier alpha value is -5.12. The molecule has 0 spiro atoms. The number of nitro benzene ring substituents is 2. The van der Waals surface area contributed by atoms with Crippen LogP contribution in [0.1, 0.15) is 23.0 Å². The van der Waals surface area contributed by atoms with E-state index in [9.17, 15) is 34.9 Å². The third kappa shape index (κ3) is 4.11. The third-order valence-corrected chi connectivity index (χ3v) is 7.05. The molecule has 38 heavy (non-hydrogen) atoms. The number of benzene rings is 4. The maximum absolute atomic E-state index is 13.8. The van der Waals surface area contributed by atoms with Gasteiger partial charge >= 0.3 is 11.9 Å². The molecule has 0 aromatic heterocycles. The molecule has 4 aromatic rings. The number of carbonyl (C=O) groups is 2. The molecule has 4 aromatic carbocycles. The van der Waals surface area contributed by atoms with Crippen LogP contribution in [0, 0.1) is 32.1 Å². The Morgan fingerprint density at radius 1 is 0.684 bits per heavy atom. The lowest BCUT2D eigenvalue weighted by Crippen LogP contribution is -2.52. The number of carboxylic acids is 1. The molecular weight excluding hydrogens is 492 g/mol. The molecule has 1 saturated carbocycles. The highest BCUT2D eigenvalue weighted by molar-refractivity contribution is 5.92. The summed E-state index contributed by atoms with van der Waals surface area (Å²) in [6, 6.07) is 23.5. The van der Waals surface area contributed by atoms with E-state index in [4.69, 9.17) is 4.74 Å². The Kier molecular flexibility index (Phi) is 6.29. The van der Waals surface area contributed by atoms with Crippen LogP contribution in [0.4, 0.5) is 11.4 Å². The van der Waals surface area contributed by atoms with E-state index in [1.165, 1.54) is 48.5 Å². The number of carboxylic acid groups (broad SMARTS) is 1. The van der Waals surface area contributed by atoms with Crippen LogP contribution in [0.5, 0.6) is 5.75 Å². The summed E-state index contributed by atoms with van der Waals surface area (Å²) in [5, 5.41) is 35.2. The van der Waals surface area contributed by atoms with Gasteiger partial charge in [-0.25, -0.2) is 0 Å². The van der Waals surface area contributed by atoms with E-state index in [1.807, 2.05) is 18.2 Å². The molecule has 1 N–H and O–H groups in total. The van der Waals surface area contributed by atoms with Gasteiger partial charge in [0.05, 0.1) is 21.7 Å². The van der Waals surface area contributed by atoms with Crippen molar-refractivity contribution in [3.05, 3.63) is 122 Å². The van der Waals surface area contributed by atoms with Crippen LogP contribution in [0.3, 0.4) is 0 Å². The summed E-state index contributed by atoms with van der Waals surface area (Å²) in [6.45, 7) is 0. The van der Waals surface area contributed by atoms with E-state index in [2.05, 4.69) is 0 Å². The van der Waals surface area contributed by atoms with Crippen molar-refractivity contribution in [2.45, 2.75) is 11.8 Å². The molecule has 1 aliphatic rings. The van der Waals surface area contributed by atoms with Gasteiger partial charge in [-0.15, -0.1) is 0 Å². The van der Waals surface area contributed by atoms with Crippen molar-refractivity contribution in [3.8, 4) is 5.75 Å². The van der Waals surface area contributed by atoms with Crippen LogP contribution in [-0.2, 0) is 9.59 Å². The summed E-state index contributed by atoms with van der Waals surface area (Å²) in [5.41, 5.74) is -0.570. The van der Waals surface area contributed by atoms with Crippen molar-refractivity contribution in [3.63, 3.8) is 0 Å². The van der Waals surface area contributed by atoms with Gasteiger partial charge in [0.25, 0.3) is 11.4 Å². The van der Waals surface area contributed by atoms with Crippen molar-refractivity contribution in [2.75, 3.05) is 0 Å². The topological polar surface area (TPSA) is 150 Å². The van der Waals surface area contributed by atoms with Gasteiger partial charge in [0.2, 0.25) is 0 Å². The smallest absolute Gasteiger partial charge is 0.315 e. The average Bonchev–Trinajstić information content (AvgIpc) is 2.88. The van der Waals surface area contributed by atoms with E-state index in [1.54, 1.807) is 24.3 Å². The monoisotopic (exact) mass is 512 g/mol. The normalized spacial score (nSPS) is 20.3. The number of para-hydroxylation sites is 2. The summed E-state index contributed by atoms with van der Waals surface area (Å²) in [6.07, 6.45) is 0. The van der Waals surface area contributed by atoms with E-state index < -0.39 is 45.5 Å². The maximum Gasteiger partial charge on any atom is 0.315 e. The fourth-order valence-electron chi connectivity index (χ4n) is 5.45. The molecule has 10 heteroatoms. The Labute approximate surface area is 215 Å². The lowest BCUT2D eigenvalue weighted by molar-refractivity contribution is -0.386. The van der Waals surface area contributed by atoms with Crippen molar-refractivity contribution in [1.82, 2.24) is 0 Å². The number of carbonyl (C=O) groups excluding carboxylic acids is 1. The molecular formula is C28H20N2O8. The van der Waals surface area contributed by atoms with Crippen LogP contribution in [0.25, 0.3) is 10.8 Å². The molecule has 1 fully saturated rings. The van der Waals surface area contributed by atoms with Gasteiger partial charge in [-0.05, 0) is 11.5 Å². The molecule has 0 aliphatic heterocycles. The summed E-state index contributed by atoms with van der Waals surface area (Å²) in [4.78, 5) is 48.6. The first-order valence-corrected chi connectivity index (χ1v) is 11.7. The highest BCUT2D eigenvalue weighted by Gasteiger charge is 2.61. The fraction of sp³-hybridized carbons (Fsp3) is 0.143. The Morgan fingerprint density at radius 3 is 1.74 bits per heavy atom. The number of hydrogen-bond acceptors (Lipinski definition) is 7. The van der Waals surface area contributed by atoms with E-state index >= 15 is 0 Å². The van der Waals surface area contributed by atoms with Gasteiger partial charge in [-0.1, -0.05) is 72.8 Å². The van der Waals surface area contributed by atoms with Crippen LogP contribution in [0.15, 0.2) is 91.0 Å². The minimum atomic E-state index is -1.35. The van der Waals surface area contributed by atoms with Crippen molar-refractivity contribution >= 4 is 34.1 Å². The summed E-state index contributed by atoms with van der Waals surface area (Å²) < 4.78 is 5.79. The fourth-order valence-corrected chi connectivity index (χ4v) is 5.45. The number of esters is 1. The molecule has 10 nitrogen and oxygen atoms in total. The van der Waals surface area contributed by atoms with Crippen LogP contribution >= 0.6 is 0 Å². The molecule has 1 aliphatic carbocycles.